The molecular formula is C23H23F3N4O4. The normalized spacial score (nSPS) is 16.7. The third-order valence-electron chi connectivity index (χ3n) is 6.05. The van der Waals surface area contributed by atoms with Crippen LogP contribution in [0.3, 0.4) is 0 Å². The molecule has 0 spiro atoms. The number of hydrogen-bond acceptors (Lipinski definition) is 5. The van der Waals surface area contributed by atoms with Gasteiger partial charge in [-0.2, -0.15) is 13.2 Å². The Morgan fingerprint density at radius 3 is 2.32 bits per heavy atom. The molecule has 11 heteroatoms. The molecule has 0 aromatic heterocycles. The van der Waals surface area contributed by atoms with E-state index in [1.165, 1.54) is 0 Å². The molecule has 8 nitrogen and oxygen atoms in total. The van der Waals surface area contributed by atoms with Crippen LogP contribution in [0.5, 0.6) is 0 Å². The van der Waals surface area contributed by atoms with Crippen molar-refractivity contribution >= 4 is 28.9 Å². The summed E-state index contributed by atoms with van der Waals surface area (Å²) in [6.07, 6.45) is -2.08. The van der Waals surface area contributed by atoms with E-state index in [4.69, 9.17) is 0 Å². The molecule has 4 rings (SSSR count). The predicted octanol–water partition coefficient (Wildman–Crippen LogP) is 4.36. The minimum Gasteiger partial charge on any atom is -0.366 e. The second kappa shape index (κ2) is 9.32. The number of nitrogens with one attached hydrogen (secondary N) is 2. The van der Waals surface area contributed by atoms with Gasteiger partial charge >= 0.3 is 6.18 Å². The number of piperidine rings is 1. The van der Waals surface area contributed by atoms with Gasteiger partial charge in [-0.25, -0.2) is 0 Å². The van der Waals surface area contributed by atoms with E-state index in [-0.39, 0.29) is 36.6 Å². The molecule has 1 heterocycles. The number of anilines is 2. The molecular weight excluding hydrogens is 453 g/mol. The van der Waals surface area contributed by atoms with Crippen molar-refractivity contribution in [1.82, 2.24) is 5.32 Å². The van der Waals surface area contributed by atoms with Crippen LogP contribution in [-0.4, -0.2) is 35.9 Å². The maximum atomic E-state index is 13.0. The lowest BCUT2D eigenvalue weighted by molar-refractivity contribution is -0.384. The number of halogens is 3. The van der Waals surface area contributed by atoms with Gasteiger partial charge in [0.15, 0.2) is 0 Å². The smallest absolute Gasteiger partial charge is 0.366 e. The molecule has 2 aromatic carbocycles. The number of para-hydroxylation sites is 1. The van der Waals surface area contributed by atoms with E-state index in [0.717, 1.165) is 25.0 Å². The summed E-state index contributed by atoms with van der Waals surface area (Å²) in [4.78, 5) is 37.5. The minimum atomic E-state index is -4.68. The van der Waals surface area contributed by atoms with Crippen LogP contribution in [0.1, 0.15) is 41.6 Å². The topological polar surface area (TPSA) is 105 Å². The Morgan fingerprint density at radius 1 is 1.03 bits per heavy atom. The van der Waals surface area contributed by atoms with Crippen molar-refractivity contribution < 1.29 is 27.7 Å². The Bertz CT molecular complexity index is 1110. The Hall–Kier alpha value is -3.63. The molecule has 2 amide bonds. The maximum absolute atomic E-state index is 13.0. The molecule has 0 bridgehead atoms. The van der Waals surface area contributed by atoms with Gasteiger partial charge in [0.2, 0.25) is 5.91 Å². The summed E-state index contributed by atoms with van der Waals surface area (Å²) >= 11 is 0. The van der Waals surface area contributed by atoms with E-state index in [1.54, 1.807) is 29.2 Å². The standard InChI is InChI=1S/C23H23F3N4O4/c24-23(25,26)15-5-8-19(20(13-15)30(33)34)29-11-9-14(10-12-29)21(31)28-18-4-2-1-3-17(18)22(32)27-16-6-7-16/h1-5,8,13-14,16H,6-7,9-12H2,(H,27,32)(H,28,31). The fraction of sp³-hybridized carbons (Fsp3) is 0.391. The Balaban J connectivity index is 1.41. The molecule has 34 heavy (non-hydrogen) atoms. The Kier molecular flexibility index (Phi) is 6.45. The van der Waals surface area contributed by atoms with E-state index in [0.29, 0.717) is 30.2 Å². The fourth-order valence-corrected chi connectivity index (χ4v) is 4.01. The van der Waals surface area contributed by atoms with Gasteiger partial charge in [0, 0.05) is 31.1 Å². The van der Waals surface area contributed by atoms with E-state index >= 15 is 0 Å². The van der Waals surface area contributed by atoms with E-state index < -0.39 is 28.3 Å². The summed E-state index contributed by atoms with van der Waals surface area (Å²) in [6, 6.07) is 9.37. The van der Waals surface area contributed by atoms with Crippen molar-refractivity contribution in [3.63, 3.8) is 0 Å². The van der Waals surface area contributed by atoms with Gasteiger partial charge in [-0.15, -0.1) is 0 Å². The second-order valence-electron chi connectivity index (χ2n) is 8.50. The van der Waals surface area contributed by atoms with Crippen molar-refractivity contribution in [3.8, 4) is 0 Å². The van der Waals surface area contributed by atoms with Crippen molar-refractivity contribution in [2.24, 2.45) is 5.92 Å². The highest BCUT2D eigenvalue weighted by atomic mass is 19.4. The summed E-state index contributed by atoms with van der Waals surface area (Å²) in [7, 11) is 0. The zero-order chi connectivity index (χ0) is 24.5. The van der Waals surface area contributed by atoms with Crippen LogP contribution in [0.4, 0.5) is 30.2 Å². The first-order valence-corrected chi connectivity index (χ1v) is 10.9. The SMILES string of the molecule is O=C(NC1CC1)c1ccccc1NC(=O)C1CCN(c2ccc(C(F)(F)F)cc2[N+](=O)[O-])CC1. The predicted molar refractivity (Wildman–Crippen MR) is 119 cm³/mol. The van der Waals surface area contributed by atoms with Crippen molar-refractivity contribution in [2.75, 3.05) is 23.3 Å². The molecule has 0 radical (unpaired) electrons. The van der Waals surface area contributed by atoms with Crippen LogP contribution >= 0.6 is 0 Å². The molecule has 1 saturated carbocycles. The number of amides is 2. The van der Waals surface area contributed by atoms with Crippen molar-refractivity contribution in [2.45, 2.75) is 37.9 Å². The van der Waals surface area contributed by atoms with Crippen LogP contribution < -0.4 is 15.5 Å². The molecule has 2 aliphatic rings. The van der Waals surface area contributed by atoms with Gasteiger partial charge in [0.1, 0.15) is 5.69 Å². The third kappa shape index (κ3) is 5.29. The summed E-state index contributed by atoms with van der Waals surface area (Å²) in [5, 5.41) is 17.1. The number of alkyl halides is 3. The van der Waals surface area contributed by atoms with Crippen LogP contribution in [0.25, 0.3) is 0 Å². The summed E-state index contributed by atoms with van der Waals surface area (Å²) in [5.74, 6) is -0.916. The number of nitrogens with zero attached hydrogens (tertiary/aromatic N) is 2. The zero-order valence-electron chi connectivity index (χ0n) is 18.1. The van der Waals surface area contributed by atoms with E-state index in [2.05, 4.69) is 10.6 Å². The largest absolute Gasteiger partial charge is 0.416 e. The summed E-state index contributed by atoms with van der Waals surface area (Å²) < 4.78 is 38.9. The van der Waals surface area contributed by atoms with Crippen LogP contribution in [0, 0.1) is 16.0 Å². The number of carbonyl (C=O) groups is 2. The average Bonchev–Trinajstić information content (AvgIpc) is 3.62. The van der Waals surface area contributed by atoms with Gasteiger partial charge in [-0.1, -0.05) is 12.1 Å². The van der Waals surface area contributed by atoms with Crippen molar-refractivity contribution in [3.05, 3.63) is 63.7 Å². The number of benzene rings is 2. The maximum Gasteiger partial charge on any atom is 0.416 e. The fourth-order valence-electron chi connectivity index (χ4n) is 4.01. The first-order chi connectivity index (χ1) is 16.1. The third-order valence-corrected chi connectivity index (χ3v) is 6.05. The summed E-state index contributed by atoms with van der Waals surface area (Å²) in [6.45, 7) is 0.544. The second-order valence-corrected chi connectivity index (χ2v) is 8.50. The lowest BCUT2D eigenvalue weighted by atomic mass is 9.95. The van der Waals surface area contributed by atoms with Crippen LogP contribution in [-0.2, 0) is 11.0 Å². The van der Waals surface area contributed by atoms with Crippen molar-refractivity contribution in [1.29, 1.82) is 0 Å². The number of hydrogen-bond donors (Lipinski definition) is 2. The monoisotopic (exact) mass is 476 g/mol. The number of nitro benzene ring substituents is 1. The first-order valence-electron chi connectivity index (χ1n) is 10.9. The first kappa shape index (κ1) is 23.5. The van der Waals surface area contributed by atoms with Crippen LogP contribution in [0.2, 0.25) is 0 Å². The average molecular weight is 476 g/mol. The Labute approximate surface area is 193 Å². The molecule has 2 N–H and O–H groups in total. The van der Waals surface area contributed by atoms with E-state index in [1.807, 2.05) is 0 Å². The molecule has 2 aromatic rings. The highest BCUT2D eigenvalue weighted by Gasteiger charge is 2.35. The Morgan fingerprint density at radius 2 is 1.71 bits per heavy atom. The minimum absolute atomic E-state index is 0.0963. The summed E-state index contributed by atoms with van der Waals surface area (Å²) in [5.41, 5.74) is -0.819. The molecule has 0 atom stereocenters. The molecule has 180 valence electrons. The van der Waals surface area contributed by atoms with Crippen LogP contribution in [0.15, 0.2) is 42.5 Å². The van der Waals surface area contributed by atoms with Gasteiger partial charge < -0.3 is 15.5 Å². The number of nitro groups is 1. The quantitative estimate of drug-likeness (QED) is 0.476. The van der Waals surface area contributed by atoms with Gasteiger partial charge in [0.05, 0.1) is 21.7 Å². The molecule has 0 unspecified atom stereocenters. The molecule has 2 fully saturated rings. The number of rotatable bonds is 6. The lowest BCUT2D eigenvalue weighted by Gasteiger charge is -2.32. The van der Waals surface area contributed by atoms with E-state index in [9.17, 15) is 32.9 Å². The highest BCUT2D eigenvalue weighted by molar-refractivity contribution is 6.04. The molecule has 1 saturated heterocycles. The van der Waals surface area contributed by atoms with Gasteiger partial charge in [-0.05, 0) is 49.9 Å². The molecule has 1 aliphatic carbocycles. The van der Waals surface area contributed by atoms with Gasteiger partial charge in [0.25, 0.3) is 11.6 Å². The molecule has 1 aliphatic heterocycles. The van der Waals surface area contributed by atoms with Gasteiger partial charge in [-0.3, -0.25) is 19.7 Å². The highest BCUT2D eigenvalue weighted by Crippen LogP contribution is 2.38. The number of carbonyl (C=O) groups excluding carboxylic acids is 2. The zero-order valence-corrected chi connectivity index (χ0v) is 18.1. The lowest BCUT2D eigenvalue weighted by Crippen LogP contribution is -2.38.